The highest BCUT2D eigenvalue weighted by Crippen LogP contribution is 2.26. The van der Waals surface area contributed by atoms with Crippen molar-refractivity contribution in [1.82, 2.24) is 19.9 Å². The van der Waals surface area contributed by atoms with Gasteiger partial charge in [0.05, 0.1) is 18.2 Å². The monoisotopic (exact) mass is 422 g/mol. The summed E-state index contributed by atoms with van der Waals surface area (Å²) in [4.78, 5) is 30.2. The number of aryl methyl sites for hydroxylation is 1. The highest BCUT2D eigenvalue weighted by Gasteiger charge is 2.23. The van der Waals surface area contributed by atoms with Gasteiger partial charge in [-0.05, 0) is 31.2 Å². The van der Waals surface area contributed by atoms with Crippen LogP contribution in [0.4, 0.5) is 0 Å². The predicted molar refractivity (Wildman–Crippen MR) is 119 cm³/mol. The van der Waals surface area contributed by atoms with Crippen molar-refractivity contribution >= 4 is 11.6 Å². The van der Waals surface area contributed by atoms with Crippen molar-refractivity contribution in [3.63, 3.8) is 0 Å². The second kappa shape index (κ2) is 9.06. The van der Waals surface area contributed by atoms with Gasteiger partial charge in [0, 0.05) is 37.0 Å². The molecule has 0 aliphatic carbocycles. The molecule has 1 aliphatic heterocycles. The molecule has 2 N–H and O–H groups in total. The third-order valence-corrected chi connectivity index (χ3v) is 5.94. The summed E-state index contributed by atoms with van der Waals surface area (Å²) in [6.07, 6.45) is 2.15. The number of amides is 1. The Kier molecular flexibility index (Phi) is 6.23. The highest BCUT2D eigenvalue weighted by molar-refractivity contribution is 5.79. The molecule has 1 atom stereocenters. The molecule has 0 unspecified atom stereocenters. The number of carbonyl (C=O) groups excluding carboxylic acids is 1. The van der Waals surface area contributed by atoms with Crippen molar-refractivity contribution < 1.29 is 9.53 Å². The fourth-order valence-corrected chi connectivity index (χ4v) is 4.10. The van der Waals surface area contributed by atoms with E-state index in [0.717, 1.165) is 42.9 Å². The number of hydrogen-bond donors (Lipinski definition) is 2. The zero-order valence-corrected chi connectivity index (χ0v) is 18.4. The smallest absolute Gasteiger partial charge is 0.272 e. The molecule has 1 saturated heterocycles. The lowest BCUT2D eigenvalue weighted by Gasteiger charge is -2.22. The molecule has 1 amide bonds. The molecule has 1 fully saturated rings. The molecule has 0 bridgehead atoms. The minimum absolute atomic E-state index is 0.0819. The summed E-state index contributed by atoms with van der Waals surface area (Å²) < 4.78 is 6.93. The van der Waals surface area contributed by atoms with Crippen molar-refractivity contribution in [1.29, 1.82) is 0 Å². The van der Waals surface area contributed by atoms with E-state index in [1.54, 1.807) is 0 Å². The van der Waals surface area contributed by atoms with Crippen LogP contribution < -0.4 is 10.9 Å². The molecule has 3 heterocycles. The molecular formula is C24H30N4O3. The van der Waals surface area contributed by atoms with Crippen molar-refractivity contribution in [2.45, 2.75) is 52.0 Å². The predicted octanol–water partition coefficient (Wildman–Crippen LogP) is 3.28. The summed E-state index contributed by atoms with van der Waals surface area (Å²) in [5, 5.41) is 6.29. The molecular weight excluding hydrogens is 392 g/mol. The van der Waals surface area contributed by atoms with Crippen molar-refractivity contribution in [2.75, 3.05) is 13.2 Å². The van der Waals surface area contributed by atoms with Crippen LogP contribution >= 0.6 is 0 Å². The van der Waals surface area contributed by atoms with Crippen LogP contribution in [0.2, 0.25) is 0 Å². The number of rotatable bonds is 6. The summed E-state index contributed by atoms with van der Waals surface area (Å²) in [6.45, 7) is 7.52. The summed E-state index contributed by atoms with van der Waals surface area (Å²) in [5.74, 6) is 0.347. The van der Waals surface area contributed by atoms with Crippen LogP contribution in [0.25, 0.3) is 5.65 Å². The Morgan fingerprint density at radius 2 is 1.94 bits per heavy atom. The molecule has 4 rings (SSSR count). The average molecular weight is 423 g/mol. The molecule has 0 saturated carbocycles. The van der Waals surface area contributed by atoms with Gasteiger partial charge in [0.15, 0.2) is 5.65 Å². The average Bonchev–Trinajstić information content (AvgIpc) is 3.19. The lowest BCUT2D eigenvalue weighted by molar-refractivity contribution is -0.121. The molecule has 0 spiro atoms. The molecule has 2 aromatic heterocycles. The van der Waals surface area contributed by atoms with Gasteiger partial charge in [0.25, 0.3) is 5.56 Å². The minimum atomic E-state index is -0.336. The Morgan fingerprint density at radius 3 is 2.61 bits per heavy atom. The van der Waals surface area contributed by atoms with Crippen molar-refractivity contribution in [2.24, 2.45) is 5.92 Å². The number of aromatic nitrogens is 3. The van der Waals surface area contributed by atoms with E-state index in [4.69, 9.17) is 9.72 Å². The molecule has 7 heteroatoms. The largest absolute Gasteiger partial charge is 0.381 e. The SMILES string of the molecule is Cc1ccc(CC(=O)N[C@H](c2cc(=O)n3[nH]c(C4CCOCC4)cc3n2)C(C)C)cc1. The maximum atomic E-state index is 12.8. The fourth-order valence-electron chi connectivity index (χ4n) is 4.10. The van der Waals surface area contributed by atoms with E-state index in [9.17, 15) is 9.59 Å². The van der Waals surface area contributed by atoms with E-state index in [0.29, 0.717) is 23.7 Å². The van der Waals surface area contributed by atoms with E-state index >= 15 is 0 Å². The van der Waals surface area contributed by atoms with Crippen molar-refractivity contribution in [3.8, 4) is 0 Å². The topological polar surface area (TPSA) is 88.5 Å². The van der Waals surface area contributed by atoms with Gasteiger partial charge in [0.2, 0.25) is 5.91 Å². The number of carbonyl (C=O) groups is 1. The highest BCUT2D eigenvalue weighted by atomic mass is 16.5. The lowest BCUT2D eigenvalue weighted by Crippen LogP contribution is -2.34. The molecule has 31 heavy (non-hydrogen) atoms. The normalized spacial score (nSPS) is 16.0. The number of fused-ring (bicyclic) bond motifs is 1. The maximum absolute atomic E-state index is 12.8. The van der Waals surface area contributed by atoms with Crippen LogP contribution in [0.1, 0.15) is 61.2 Å². The number of aromatic amines is 1. The van der Waals surface area contributed by atoms with Gasteiger partial charge in [-0.1, -0.05) is 43.7 Å². The first-order chi connectivity index (χ1) is 14.9. The van der Waals surface area contributed by atoms with Gasteiger partial charge in [-0.2, -0.15) is 0 Å². The van der Waals surface area contributed by atoms with Crippen LogP contribution in [-0.4, -0.2) is 33.7 Å². The minimum Gasteiger partial charge on any atom is -0.381 e. The number of H-pyrrole nitrogens is 1. The third-order valence-electron chi connectivity index (χ3n) is 5.94. The Labute approximate surface area is 181 Å². The maximum Gasteiger partial charge on any atom is 0.272 e. The Bertz CT molecular complexity index is 1110. The summed E-state index contributed by atoms with van der Waals surface area (Å²) in [7, 11) is 0. The Balaban J connectivity index is 1.57. The summed E-state index contributed by atoms with van der Waals surface area (Å²) in [6, 6.07) is 11.1. The van der Waals surface area contributed by atoms with Gasteiger partial charge in [-0.25, -0.2) is 9.50 Å². The third kappa shape index (κ3) is 4.88. The molecule has 1 aromatic carbocycles. The van der Waals surface area contributed by atoms with Crippen LogP contribution in [-0.2, 0) is 16.0 Å². The lowest BCUT2D eigenvalue weighted by atomic mass is 9.97. The standard InChI is InChI=1S/C24H30N4O3/c1-15(2)24(26-22(29)12-17-6-4-16(3)5-7-17)20-14-23(30)28-21(25-20)13-19(27-28)18-8-10-31-11-9-18/h4-7,13-15,18,24,27H,8-12H2,1-3H3,(H,26,29)/t24-/m0/s1. The van der Waals surface area contributed by atoms with Crippen LogP contribution in [0.5, 0.6) is 0 Å². The quantitative estimate of drug-likeness (QED) is 0.638. The molecule has 1 aliphatic rings. The van der Waals surface area contributed by atoms with Gasteiger partial charge in [0.1, 0.15) is 0 Å². The van der Waals surface area contributed by atoms with E-state index < -0.39 is 0 Å². The fraction of sp³-hybridized carbons (Fsp3) is 0.458. The Hall–Kier alpha value is -2.93. The first kappa shape index (κ1) is 21.3. The number of ether oxygens (including phenoxy) is 1. The first-order valence-corrected chi connectivity index (χ1v) is 11.0. The first-order valence-electron chi connectivity index (χ1n) is 11.0. The van der Waals surface area contributed by atoms with E-state index in [1.807, 2.05) is 51.1 Å². The zero-order valence-electron chi connectivity index (χ0n) is 18.4. The van der Waals surface area contributed by atoms with Gasteiger partial charge in [-0.15, -0.1) is 0 Å². The zero-order chi connectivity index (χ0) is 22.0. The number of benzene rings is 1. The molecule has 164 valence electrons. The summed E-state index contributed by atoms with van der Waals surface area (Å²) in [5.41, 5.74) is 4.14. The second-order valence-corrected chi connectivity index (χ2v) is 8.76. The van der Waals surface area contributed by atoms with E-state index in [-0.39, 0.29) is 23.4 Å². The molecule has 0 radical (unpaired) electrons. The Morgan fingerprint density at radius 1 is 1.23 bits per heavy atom. The van der Waals surface area contributed by atoms with Crippen LogP contribution in [0.15, 0.2) is 41.2 Å². The van der Waals surface area contributed by atoms with Gasteiger partial charge < -0.3 is 10.1 Å². The van der Waals surface area contributed by atoms with Gasteiger partial charge >= 0.3 is 0 Å². The van der Waals surface area contributed by atoms with E-state index in [1.165, 1.54) is 10.6 Å². The van der Waals surface area contributed by atoms with Crippen LogP contribution in [0.3, 0.4) is 0 Å². The van der Waals surface area contributed by atoms with Crippen molar-refractivity contribution in [3.05, 3.63) is 69.3 Å². The molecule has 7 nitrogen and oxygen atoms in total. The number of nitrogens with one attached hydrogen (secondary N) is 2. The second-order valence-electron chi connectivity index (χ2n) is 8.76. The number of nitrogens with zero attached hydrogens (tertiary/aromatic N) is 2. The molecule has 3 aromatic rings. The van der Waals surface area contributed by atoms with E-state index in [2.05, 4.69) is 10.4 Å². The van der Waals surface area contributed by atoms with Crippen LogP contribution in [0, 0.1) is 12.8 Å². The van der Waals surface area contributed by atoms with Gasteiger partial charge in [-0.3, -0.25) is 14.7 Å². The summed E-state index contributed by atoms with van der Waals surface area (Å²) >= 11 is 0. The number of hydrogen-bond acceptors (Lipinski definition) is 4.